The molecule has 1 fully saturated rings. The highest BCUT2D eigenvalue weighted by Crippen LogP contribution is 2.28. The number of carbonyl (C=O) groups is 1. The molecule has 114 valence electrons. The van der Waals surface area contributed by atoms with Crippen molar-refractivity contribution >= 4 is 17.3 Å². The second kappa shape index (κ2) is 6.11. The number of piperidine rings is 1. The van der Waals surface area contributed by atoms with Crippen LogP contribution in [0.25, 0.3) is 0 Å². The van der Waals surface area contributed by atoms with Crippen LogP contribution < -0.4 is 5.73 Å². The van der Waals surface area contributed by atoms with E-state index in [0.717, 1.165) is 12.8 Å². The van der Waals surface area contributed by atoms with E-state index in [-0.39, 0.29) is 17.2 Å². The van der Waals surface area contributed by atoms with Crippen molar-refractivity contribution in [3.8, 4) is 0 Å². The molecule has 1 amide bonds. The number of hydrogen-bond acceptors (Lipinski definition) is 4. The Morgan fingerprint density at radius 2 is 2.00 bits per heavy atom. The quantitative estimate of drug-likeness (QED) is 0.526. The number of rotatable bonds is 3. The van der Waals surface area contributed by atoms with Gasteiger partial charge in [-0.25, -0.2) is 0 Å². The third-order valence-corrected chi connectivity index (χ3v) is 4.22. The van der Waals surface area contributed by atoms with Crippen LogP contribution in [0.15, 0.2) is 18.2 Å². The molecule has 0 radical (unpaired) electrons. The maximum absolute atomic E-state index is 12.5. The van der Waals surface area contributed by atoms with Gasteiger partial charge in [0.05, 0.1) is 4.92 Å². The number of amides is 1. The van der Waals surface area contributed by atoms with Crippen LogP contribution in [0.5, 0.6) is 0 Å². The molecule has 0 aliphatic carbocycles. The van der Waals surface area contributed by atoms with Crippen molar-refractivity contribution in [3.63, 3.8) is 0 Å². The molecule has 0 unspecified atom stereocenters. The van der Waals surface area contributed by atoms with Gasteiger partial charge >= 0.3 is 0 Å². The summed E-state index contributed by atoms with van der Waals surface area (Å²) < 4.78 is 0. The van der Waals surface area contributed by atoms with E-state index >= 15 is 0 Å². The molecule has 1 aliphatic heterocycles. The molecule has 0 spiro atoms. The van der Waals surface area contributed by atoms with Gasteiger partial charge in [-0.3, -0.25) is 14.9 Å². The van der Waals surface area contributed by atoms with E-state index in [1.54, 1.807) is 4.90 Å². The molecule has 6 nitrogen and oxygen atoms in total. The summed E-state index contributed by atoms with van der Waals surface area (Å²) in [5, 5.41) is 11.1. The number of benzene rings is 1. The molecule has 1 heterocycles. The first kappa shape index (κ1) is 15.3. The van der Waals surface area contributed by atoms with E-state index < -0.39 is 4.92 Å². The Balaban J connectivity index is 2.18. The number of nitro benzene ring substituents is 1. The van der Waals surface area contributed by atoms with Gasteiger partial charge in [0, 0.05) is 24.8 Å². The summed E-state index contributed by atoms with van der Waals surface area (Å²) in [6, 6.07) is 4.14. The molecule has 0 atom stereocenters. The first-order chi connectivity index (χ1) is 9.90. The molecule has 0 bridgehead atoms. The molecular weight excluding hydrogens is 270 g/mol. The average molecular weight is 291 g/mol. The zero-order valence-corrected chi connectivity index (χ0v) is 12.4. The molecule has 6 heteroatoms. The second-order valence-corrected chi connectivity index (χ2v) is 5.91. The molecule has 21 heavy (non-hydrogen) atoms. The maximum Gasteiger partial charge on any atom is 0.282 e. The number of likely N-dealkylation sites (tertiary alicyclic amines) is 1. The van der Waals surface area contributed by atoms with Crippen LogP contribution in [-0.2, 0) is 0 Å². The van der Waals surface area contributed by atoms with E-state index in [1.165, 1.54) is 18.2 Å². The van der Waals surface area contributed by atoms with Gasteiger partial charge in [0.1, 0.15) is 5.56 Å². The lowest BCUT2D eigenvalue weighted by Gasteiger charge is -2.33. The summed E-state index contributed by atoms with van der Waals surface area (Å²) in [6.45, 7) is 5.66. The largest absolute Gasteiger partial charge is 0.399 e. The summed E-state index contributed by atoms with van der Waals surface area (Å²) in [6.07, 6.45) is 1.89. The average Bonchev–Trinajstić information content (AvgIpc) is 2.46. The first-order valence-electron chi connectivity index (χ1n) is 7.23. The Bertz CT molecular complexity index is 549. The molecule has 2 rings (SSSR count). The fourth-order valence-electron chi connectivity index (χ4n) is 2.82. The lowest BCUT2D eigenvalue weighted by atomic mass is 9.86. The van der Waals surface area contributed by atoms with Crippen LogP contribution >= 0.6 is 0 Å². The summed E-state index contributed by atoms with van der Waals surface area (Å²) in [5.74, 6) is 0.921. The minimum absolute atomic E-state index is 0.0861. The van der Waals surface area contributed by atoms with Crippen molar-refractivity contribution in [3.05, 3.63) is 33.9 Å². The Hall–Kier alpha value is -2.11. The number of nitrogens with two attached hydrogens (primary N) is 1. The minimum atomic E-state index is -0.534. The molecule has 1 aromatic rings. The Labute approximate surface area is 124 Å². The third kappa shape index (κ3) is 3.32. The molecular formula is C15H21N3O3. The van der Waals surface area contributed by atoms with Crippen molar-refractivity contribution in [1.82, 2.24) is 4.90 Å². The summed E-state index contributed by atoms with van der Waals surface area (Å²) in [4.78, 5) is 24.7. The number of anilines is 1. The van der Waals surface area contributed by atoms with Gasteiger partial charge in [-0.1, -0.05) is 13.8 Å². The normalized spacial score (nSPS) is 16.2. The minimum Gasteiger partial charge on any atom is -0.399 e. The number of nitro groups is 1. The number of nitrogen functional groups attached to an aromatic ring is 1. The molecule has 2 N–H and O–H groups in total. The van der Waals surface area contributed by atoms with E-state index in [0.29, 0.717) is 30.6 Å². The van der Waals surface area contributed by atoms with Gasteiger partial charge in [0.25, 0.3) is 11.6 Å². The van der Waals surface area contributed by atoms with Gasteiger partial charge in [0.15, 0.2) is 0 Å². The highest BCUT2D eigenvalue weighted by atomic mass is 16.6. The van der Waals surface area contributed by atoms with Crippen LogP contribution in [0.3, 0.4) is 0 Å². The predicted octanol–water partition coefficient (Wildman–Crippen LogP) is 2.69. The van der Waals surface area contributed by atoms with Crippen LogP contribution in [-0.4, -0.2) is 28.8 Å². The van der Waals surface area contributed by atoms with Crippen LogP contribution in [0.2, 0.25) is 0 Å². The van der Waals surface area contributed by atoms with Gasteiger partial charge < -0.3 is 10.6 Å². The van der Waals surface area contributed by atoms with Crippen molar-refractivity contribution in [1.29, 1.82) is 0 Å². The summed E-state index contributed by atoms with van der Waals surface area (Å²) in [5.41, 5.74) is 5.93. The van der Waals surface area contributed by atoms with Gasteiger partial charge in [-0.2, -0.15) is 0 Å². The Morgan fingerprint density at radius 1 is 1.38 bits per heavy atom. The maximum atomic E-state index is 12.5. The van der Waals surface area contributed by atoms with E-state index in [9.17, 15) is 14.9 Å². The topological polar surface area (TPSA) is 89.5 Å². The highest BCUT2D eigenvalue weighted by Gasteiger charge is 2.29. The van der Waals surface area contributed by atoms with E-state index in [1.807, 2.05) is 0 Å². The lowest BCUT2D eigenvalue weighted by Crippen LogP contribution is -2.39. The predicted molar refractivity (Wildman–Crippen MR) is 81.0 cm³/mol. The molecule has 1 saturated heterocycles. The van der Waals surface area contributed by atoms with Crippen molar-refractivity contribution in [2.24, 2.45) is 11.8 Å². The van der Waals surface area contributed by atoms with Crippen LogP contribution in [0.1, 0.15) is 37.0 Å². The van der Waals surface area contributed by atoms with Crippen LogP contribution in [0.4, 0.5) is 11.4 Å². The fraction of sp³-hybridized carbons (Fsp3) is 0.533. The monoisotopic (exact) mass is 291 g/mol. The number of nitrogens with zero attached hydrogens (tertiary/aromatic N) is 2. The van der Waals surface area contributed by atoms with Gasteiger partial charge in [-0.05, 0) is 36.8 Å². The molecule has 1 aliphatic rings. The molecule has 0 aromatic heterocycles. The fourth-order valence-corrected chi connectivity index (χ4v) is 2.82. The smallest absolute Gasteiger partial charge is 0.282 e. The lowest BCUT2D eigenvalue weighted by molar-refractivity contribution is -0.385. The SMILES string of the molecule is CC(C)C1CCN(C(=O)c2cc(N)ccc2[N+](=O)[O-])CC1. The summed E-state index contributed by atoms with van der Waals surface area (Å²) >= 11 is 0. The van der Waals surface area contributed by atoms with E-state index in [2.05, 4.69) is 13.8 Å². The number of hydrogen-bond donors (Lipinski definition) is 1. The highest BCUT2D eigenvalue weighted by molar-refractivity contribution is 5.99. The summed E-state index contributed by atoms with van der Waals surface area (Å²) in [7, 11) is 0. The standard InChI is InChI=1S/C15H21N3O3/c1-10(2)11-5-7-17(8-6-11)15(19)13-9-12(16)3-4-14(13)18(20)21/h3-4,9-11H,5-8,16H2,1-2H3. The second-order valence-electron chi connectivity index (χ2n) is 5.91. The van der Waals surface area contributed by atoms with Crippen molar-refractivity contribution < 1.29 is 9.72 Å². The third-order valence-electron chi connectivity index (χ3n) is 4.22. The molecule has 0 saturated carbocycles. The molecule has 1 aromatic carbocycles. The zero-order valence-electron chi connectivity index (χ0n) is 12.4. The Kier molecular flexibility index (Phi) is 4.45. The van der Waals surface area contributed by atoms with E-state index in [4.69, 9.17) is 5.73 Å². The Morgan fingerprint density at radius 3 is 2.52 bits per heavy atom. The van der Waals surface area contributed by atoms with Crippen LogP contribution in [0, 0.1) is 22.0 Å². The first-order valence-corrected chi connectivity index (χ1v) is 7.23. The number of carbonyl (C=O) groups excluding carboxylic acids is 1. The van der Waals surface area contributed by atoms with Crippen molar-refractivity contribution in [2.45, 2.75) is 26.7 Å². The van der Waals surface area contributed by atoms with Gasteiger partial charge in [-0.15, -0.1) is 0 Å². The van der Waals surface area contributed by atoms with Gasteiger partial charge in [0.2, 0.25) is 0 Å². The zero-order chi connectivity index (χ0) is 15.6. The van der Waals surface area contributed by atoms with Crippen molar-refractivity contribution in [2.75, 3.05) is 18.8 Å².